The molecule has 0 aliphatic heterocycles. The molecule has 3 N–H and O–H groups in total. The maximum Gasteiger partial charge on any atom is 0.244 e. The number of likely N-dealkylation sites (N-methyl/N-ethyl adjacent to an activating group) is 1. The molecule has 0 spiro atoms. The van der Waals surface area contributed by atoms with Crippen molar-refractivity contribution in [3.63, 3.8) is 0 Å². The van der Waals surface area contributed by atoms with Gasteiger partial charge in [0.2, 0.25) is 5.91 Å². The van der Waals surface area contributed by atoms with E-state index in [1.807, 2.05) is 0 Å². The third-order valence-electron chi connectivity index (χ3n) is 2.68. The largest absolute Gasteiger partial charge is 0.497 e. The lowest BCUT2D eigenvalue weighted by molar-refractivity contribution is -0.129. The number of hydrogen-bond donors (Lipinski definition) is 2. The molecule has 0 saturated heterocycles. The standard InChI is InChI=1S/C13H19N3O2S/c1-8(13(17)16(2)3)15-11-7-9(18-4)5-6-10(11)12(14)19/h5-8,15H,1-4H3,(H2,14,19). The average Bonchev–Trinajstić information content (AvgIpc) is 2.36. The van der Waals surface area contributed by atoms with E-state index < -0.39 is 0 Å². The molecular weight excluding hydrogens is 262 g/mol. The summed E-state index contributed by atoms with van der Waals surface area (Å²) in [5.74, 6) is 0.642. The van der Waals surface area contributed by atoms with E-state index in [0.717, 1.165) is 0 Å². The highest BCUT2D eigenvalue weighted by Crippen LogP contribution is 2.23. The van der Waals surface area contributed by atoms with E-state index in [2.05, 4.69) is 5.32 Å². The van der Waals surface area contributed by atoms with E-state index >= 15 is 0 Å². The monoisotopic (exact) mass is 281 g/mol. The molecule has 0 heterocycles. The highest BCUT2D eigenvalue weighted by molar-refractivity contribution is 7.80. The second-order valence-electron chi connectivity index (χ2n) is 4.37. The molecule has 0 aromatic heterocycles. The molecule has 0 aliphatic carbocycles. The Balaban J connectivity index is 3.04. The van der Waals surface area contributed by atoms with Crippen molar-refractivity contribution in [3.05, 3.63) is 23.8 Å². The first-order valence-electron chi connectivity index (χ1n) is 5.82. The molecule has 5 nitrogen and oxygen atoms in total. The topological polar surface area (TPSA) is 67.6 Å². The highest BCUT2D eigenvalue weighted by Gasteiger charge is 2.17. The Morgan fingerprint density at radius 3 is 2.58 bits per heavy atom. The fraction of sp³-hybridized carbons (Fsp3) is 0.385. The van der Waals surface area contributed by atoms with Crippen molar-refractivity contribution < 1.29 is 9.53 Å². The Morgan fingerprint density at radius 1 is 1.47 bits per heavy atom. The molecule has 1 amide bonds. The van der Waals surface area contributed by atoms with Gasteiger partial charge in [0.1, 0.15) is 16.8 Å². The van der Waals surface area contributed by atoms with E-state index in [4.69, 9.17) is 22.7 Å². The van der Waals surface area contributed by atoms with Crippen LogP contribution in [0, 0.1) is 0 Å². The summed E-state index contributed by atoms with van der Waals surface area (Å²) in [5.41, 5.74) is 7.05. The first-order valence-corrected chi connectivity index (χ1v) is 6.23. The molecule has 1 aromatic carbocycles. The average molecular weight is 281 g/mol. The smallest absolute Gasteiger partial charge is 0.244 e. The number of methoxy groups -OCH3 is 1. The predicted molar refractivity (Wildman–Crippen MR) is 80.7 cm³/mol. The quantitative estimate of drug-likeness (QED) is 0.794. The maximum atomic E-state index is 11.9. The van der Waals surface area contributed by atoms with Gasteiger partial charge in [0, 0.05) is 31.4 Å². The number of hydrogen-bond acceptors (Lipinski definition) is 4. The van der Waals surface area contributed by atoms with Crippen LogP contribution < -0.4 is 15.8 Å². The Morgan fingerprint density at radius 2 is 2.11 bits per heavy atom. The van der Waals surface area contributed by atoms with Crippen molar-refractivity contribution >= 4 is 28.8 Å². The molecule has 1 unspecified atom stereocenters. The summed E-state index contributed by atoms with van der Waals surface area (Å²) in [7, 11) is 5.00. The SMILES string of the molecule is COc1ccc(C(N)=S)c(NC(C)C(=O)N(C)C)c1. The Hall–Kier alpha value is -1.82. The van der Waals surface area contributed by atoms with Crippen molar-refractivity contribution in [1.82, 2.24) is 4.90 Å². The molecule has 0 radical (unpaired) electrons. The van der Waals surface area contributed by atoms with E-state index in [1.54, 1.807) is 46.3 Å². The zero-order valence-corrected chi connectivity index (χ0v) is 12.4. The lowest BCUT2D eigenvalue weighted by Gasteiger charge is -2.21. The minimum Gasteiger partial charge on any atom is -0.497 e. The van der Waals surface area contributed by atoms with Crippen molar-refractivity contribution in [1.29, 1.82) is 0 Å². The molecule has 0 fully saturated rings. The van der Waals surface area contributed by atoms with Crippen LogP contribution in [0.25, 0.3) is 0 Å². The van der Waals surface area contributed by atoms with Crippen molar-refractivity contribution in [2.24, 2.45) is 5.73 Å². The van der Waals surface area contributed by atoms with Gasteiger partial charge in [0.15, 0.2) is 0 Å². The van der Waals surface area contributed by atoms with Crippen LogP contribution in [-0.4, -0.2) is 43.0 Å². The van der Waals surface area contributed by atoms with Crippen molar-refractivity contribution in [2.75, 3.05) is 26.5 Å². The third kappa shape index (κ3) is 3.82. The molecule has 0 bridgehead atoms. The lowest BCUT2D eigenvalue weighted by atomic mass is 10.1. The number of carbonyl (C=O) groups excluding carboxylic acids is 1. The third-order valence-corrected chi connectivity index (χ3v) is 2.90. The van der Waals surface area contributed by atoms with Gasteiger partial charge < -0.3 is 20.7 Å². The van der Waals surface area contributed by atoms with Crippen LogP contribution in [0.5, 0.6) is 5.75 Å². The number of nitrogens with one attached hydrogen (secondary N) is 1. The van der Waals surface area contributed by atoms with Crippen LogP contribution in [0.3, 0.4) is 0 Å². The van der Waals surface area contributed by atoms with Crippen LogP contribution in [0.1, 0.15) is 12.5 Å². The summed E-state index contributed by atoms with van der Waals surface area (Å²) in [5, 5.41) is 3.11. The first kappa shape index (κ1) is 15.2. The molecule has 6 heteroatoms. The second-order valence-corrected chi connectivity index (χ2v) is 4.81. The number of rotatable bonds is 5. The van der Waals surface area contributed by atoms with Crippen LogP contribution in [-0.2, 0) is 4.79 Å². The summed E-state index contributed by atoms with van der Waals surface area (Å²) in [6, 6.07) is 4.94. The van der Waals surface area contributed by atoms with Gasteiger partial charge in [-0.05, 0) is 19.1 Å². The zero-order chi connectivity index (χ0) is 14.6. The molecule has 1 atom stereocenters. The number of thiocarbonyl (C=S) groups is 1. The van der Waals surface area contributed by atoms with E-state index in [1.165, 1.54) is 4.90 Å². The summed E-state index contributed by atoms with van der Waals surface area (Å²) >= 11 is 5.00. The van der Waals surface area contributed by atoms with E-state index in [9.17, 15) is 4.79 Å². The van der Waals surface area contributed by atoms with Gasteiger partial charge in [-0.1, -0.05) is 12.2 Å². The van der Waals surface area contributed by atoms with Crippen LogP contribution in [0.15, 0.2) is 18.2 Å². The fourth-order valence-corrected chi connectivity index (χ4v) is 1.84. The molecule has 0 saturated carbocycles. The molecular formula is C13H19N3O2S. The summed E-state index contributed by atoms with van der Waals surface area (Å²) in [6.07, 6.45) is 0. The van der Waals surface area contributed by atoms with E-state index in [-0.39, 0.29) is 16.9 Å². The van der Waals surface area contributed by atoms with Crippen molar-refractivity contribution in [3.8, 4) is 5.75 Å². The summed E-state index contributed by atoms with van der Waals surface area (Å²) in [6.45, 7) is 1.78. The van der Waals surface area contributed by atoms with Crippen LogP contribution in [0.2, 0.25) is 0 Å². The second kappa shape index (κ2) is 6.38. The van der Waals surface area contributed by atoms with Gasteiger partial charge in [0.05, 0.1) is 7.11 Å². The van der Waals surface area contributed by atoms with Crippen LogP contribution in [0.4, 0.5) is 5.69 Å². The number of benzene rings is 1. The minimum atomic E-state index is -0.379. The predicted octanol–water partition coefficient (Wildman–Crippen LogP) is 1.22. The van der Waals surface area contributed by atoms with Gasteiger partial charge in [0.25, 0.3) is 0 Å². The minimum absolute atomic E-state index is 0.0308. The fourth-order valence-electron chi connectivity index (χ4n) is 1.67. The molecule has 104 valence electrons. The molecule has 1 rings (SSSR count). The highest BCUT2D eigenvalue weighted by atomic mass is 32.1. The Labute approximate surface area is 118 Å². The number of ether oxygens (including phenoxy) is 1. The van der Waals surface area contributed by atoms with E-state index in [0.29, 0.717) is 17.0 Å². The van der Waals surface area contributed by atoms with Gasteiger partial charge >= 0.3 is 0 Å². The van der Waals surface area contributed by atoms with Crippen molar-refractivity contribution in [2.45, 2.75) is 13.0 Å². The van der Waals surface area contributed by atoms with Gasteiger partial charge in [-0.25, -0.2) is 0 Å². The van der Waals surface area contributed by atoms with Gasteiger partial charge in [-0.3, -0.25) is 4.79 Å². The van der Waals surface area contributed by atoms with Gasteiger partial charge in [-0.15, -0.1) is 0 Å². The maximum absolute atomic E-state index is 11.9. The van der Waals surface area contributed by atoms with Gasteiger partial charge in [-0.2, -0.15) is 0 Å². The summed E-state index contributed by atoms with van der Waals surface area (Å²) in [4.78, 5) is 13.6. The first-order chi connectivity index (χ1) is 8.86. The zero-order valence-electron chi connectivity index (χ0n) is 11.6. The Kier molecular flexibility index (Phi) is 5.11. The lowest BCUT2D eigenvalue weighted by Crippen LogP contribution is -2.37. The van der Waals surface area contributed by atoms with Crippen LogP contribution >= 0.6 is 12.2 Å². The number of nitrogens with two attached hydrogens (primary N) is 1. The number of amides is 1. The number of anilines is 1. The summed E-state index contributed by atoms with van der Waals surface area (Å²) < 4.78 is 5.16. The normalized spacial score (nSPS) is 11.6. The number of carbonyl (C=O) groups is 1. The molecule has 1 aromatic rings. The molecule has 0 aliphatic rings. The Bertz CT molecular complexity index is 489. The molecule has 19 heavy (non-hydrogen) atoms. The number of nitrogens with zero attached hydrogens (tertiary/aromatic N) is 1.